The van der Waals surface area contributed by atoms with E-state index in [2.05, 4.69) is 6.92 Å². The number of likely N-dealkylation sites (tertiary alicyclic amines) is 1. The predicted molar refractivity (Wildman–Crippen MR) is 76.6 cm³/mol. The summed E-state index contributed by atoms with van der Waals surface area (Å²) in [5, 5.41) is 0. The summed E-state index contributed by atoms with van der Waals surface area (Å²) in [6, 6.07) is 7.61. The summed E-state index contributed by atoms with van der Waals surface area (Å²) in [5.41, 5.74) is 1.03. The molecule has 1 heterocycles. The summed E-state index contributed by atoms with van der Waals surface area (Å²) >= 11 is 0. The molecule has 4 nitrogen and oxygen atoms in total. The summed E-state index contributed by atoms with van der Waals surface area (Å²) in [7, 11) is 1.62. The summed E-state index contributed by atoms with van der Waals surface area (Å²) in [5.74, 6) is 0.691. The van der Waals surface area contributed by atoms with Gasteiger partial charge in [-0.3, -0.25) is 14.5 Å². The van der Waals surface area contributed by atoms with Crippen molar-refractivity contribution in [3.63, 3.8) is 0 Å². The third kappa shape index (κ3) is 3.18. The van der Waals surface area contributed by atoms with Gasteiger partial charge in [-0.05, 0) is 24.1 Å². The quantitative estimate of drug-likeness (QED) is 0.776. The molecule has 1 aromatic carbocycles. The Morgan fingerprint density at radius 2 is 1.75 bits per heavy atom. The lowest BCUT2D eigenvalue weighted by atomic mass is 9.88. The van der Waals surface area contributed by atoms with Crippen LogP contribution in [0.1, 0.15) is 44.1 Å². The topological polar surface area (TPSA) is 46.6 Å². The van der Waals surface area contributed by atoms with E-state index < -0.39 is 0 Å². The third-order valence-electron chi connectivity index (χ3n) is 3.77. The Morgan fingerprint density at radius 1 is 1.15 bits per heavy atom. The van der Waals surface area contributed by atoms with E-state index in [4.69, 9.17) is 4.74 Å². The number of rotatable bonds is 5. The lowest BCUT2D eigenvalue weighted by molar-refractivity contribution is -0.148. The van der Waals surface area contributed by atoms with Crippen LogP contribution in [0.25, 0.3) is 0 Å². The van der Waals surface area contributed by atoms with Gasteiger partial charge < -0.3 is 4.74 Å². The highest BCUT2D eigenvalue weighted by molar-refractivity contribution is 5.98. The van der Waals surface area contributed by atoms with Gasteiger partial charge in [0.05, 0.1) is 7.11 Å². The Kier molecular flexibility index (Phi) is 4.77. The first kappa shape index (κ1) is 14.6. The number of amides is 2. The zero-order chi connectivity index (χ0) is 14.5. The van der Waals surface area contributed by atoms with Crippen molar-refractivity contribution in [2.24, 2.45) is 0 Å². The largest absolute Gasteiger partial charge is 0.497 e. The summed E-state index contributed by atoms with van der Waals surface area (Å²) < 4.78 is 5.12. The summed E-state index contributed by atoms with van der Waals surface area (Å²) in [4.78, 5) is 25.6. The molecule has 20 heavy (non-hydrogen) atoms. The molecule has 0 saturated carbocycles. The molecular weight excluding hydrogens is 254 g/mol. The highest BCUT2D eigenvalue weighted by Crippen LogP contribution is 2.30. The molecule has 0 unspecified atom stereocenters. The molecule has 0 N–H and O–H groups in total. The van der Waals surface area contributed by atoms with E-state index in [1.807, 2.05) is 24.3 Å². The average molecular weight is 275 g/mol. The predicted octanol–water partition coefficient (Wildman–Crippen LogP) is 2.73. The van der Waals surface area contributed by atoms with Crippen molar-refractivity contribution in [1.29, 1.82) is 0 Å². The van der Waals surface area contributed by atoms with E-state index in [-0.39, 0.29) is 17.7 Å². The second-order valence-corrected chi connectivity index (χ2v) is 5.17. The fraction of sp³-hybridized carbons (Fsp3) is 0.500. The molecular formula is C16H21NO3. The van der Waals surface area contributed by atoms with E-state index in [1.165, 1.54) is 4.90 Å². The van der Waals surface area contributed by atoms with Crippen LogP contribution in [0.15, 0.2) is 24.3 Å². The van der Waals surface area contributed by atoms with E-state index >= 15 is 0 Å². The first-order chi connectivity index (χ1) is 9.65. The van der Waals surface area contributed by atoms with Crippen LogP contribution in [0.3, 0.4) is 0 Å². The van der Waals surface area contributed by atoms with Gasteiger partial charge >= 0.3 is 0 Å². The first-order valence-corrected chi connectivity index (χ1v) is 7.12. The number of piperidine rings is 1. The van der Waals surface area contributed by atoms with Crippen molar-refractivity contribution in [3.8, 4) is 5.75 Å². The van der Waals surface area contributed by atoms with E-state index in [0.717, 1.165) is 24.2 Å². The number of benzene rings is 1. The number of methoxy groups -OCH3 is 1. The first-order valence-electron chi connectivity index (χ1n) is 7.12. The molecule has 0 aromatic heterocycles. The molecule has 1 aliphatic rings. The molecule has 0 spiro atoms. The van der Waals surface area contributed by atoms with Crippen molar-refractivity contribution >= 4 is 11.8 Å². The monoisotopic (exact) mass is 275 g/mol. The number of hydrogen-bond acceptors (Lipinski definition) is 3. The number of carbonyl (C=O) groups is 2. The Balaban J connectivity index is 2.05. The van der Waals surface area contributed by atoms with Crippen LogP contribution >= 0.6 is 0 Å². The maximum absolute atomic E-state index is 12.1. The fourth-order valence-corrected chi connectivity index (χ4v) is 2.53. The Bertz CT molecular complexity index is 463. The van der Waals surface area contributed by atoms with E-state index in [0.29, 0.717) is 19.4 Å². The lowest BCUT2D eigenvalue weighted by Gasteiger charge is -2.30. The van der Waals surface area contributed by atoms with Gasteiger partial charge in [0, 0.05) is 25.3 Å². The normalized spacial score (nSPS) is 16.6. The molecule has 4 heteroatoms. The summed E-state index contributed by atoms with van der Waals surface area (Å²) in [6.45, 7) is 2.61. The zero-order valence-electron chi connectivity index (χ0n) is 12.1. The van der Waals surface area contributed by atoms with Crippen LogP contribution < -0.4 is 4.74 Å². The van der Waals surface area contributed by atoms with Crippen molar-refractivity contribution in [3.05, 3.63) is 29.8 Å². The minimum atomic E-state index is -0.0458. The second-order valence-electron chi connectivity index (χ2n) is 5.17. The Hall–Kier alpha value is -1.84. The van der Waals surface area contributed by atoms with Gasteiger partial charge in [-0.1, -0.05) is 25.5 Å². The van der Waals surface area contributed by atoms with E-state index in [1.54, 1.807) is 7.11 Å². The number of ether oxygens (including phenoxy) is 1. The van der Waals surface area contributed by atoms with Gasteiger partial charge in [-0.25, -0.2) is 0 Å². The number of imide groups is 1. The van der Waals surface area contributed by atoms with E-state index in [9.17, 15) is 9.59 Å². The van der Waals surface area contributed by atoms with Gasteiger partial charge in [0.15, 0.2) is 0 Å². The average Bonchev–Trinajstić information content (AvgIpc) is 2.46. The molecule has 1 saturated heterocycles. The summed E-state index contributed by atoms with van der Waals surface area (Å²) in [6.07, 6.45) is 2.70. The maximum Gasteiger partial charge on any atom is 0.229 e. The smallest absolute Gasteiger partial charge is 0.229 e. The van der Waals surface area contributed by atoms with Crippen LogP contribution in [0.2, 0.25) is 0 Å². The number of carbonyl (C=O) groups excluding carboxylic acids is 2. The third-order valence-corrected chi connectivity index (χ3v) is 3.77. The minimum absolute atomic E-state index is 0.00113. The number of nitrogens with zero attached hydrogens (tertiary/aromatic N) is 1. The van der Waals surface area contributed by atoms with Crippen LogP contribution in [0.4, 0.5) is 0 Å². The molecule has 1 aromatic rings. The molecule has 0 radical (unpaired) electrons. The van der Waals surface area contributed by atoms with Gasteiger partial charge in [0.2, 0.25) is 11.8 Å². The van der Waals surface area contributed by atoms with Gasteiger partial charge in [-0.2, -0.15) is 0 Å². The van der Waals surface area contributed by atoms with Crippen LogP contribution in [-0.2, 0) is 9.59 Å². The zero-order valence-corrected chi connectivity index (χ0v) is 12.1. The molecule has 1 aliphatic heterocycles. The second kappa shape index (κ2) is 6.55. The molecule has 0 atom stereocenters. The standard InChI is InChI=1S/C16H21NO3/c1-3-4-9-17-15(18)10-13(11-16(17)19)12-5-7-14(20-2)8-6-12/h5-8,13H,3-4,9-11H2,1-2H3. The van der Waals surface area contributed by atoms with Crippen LogP contribution in [0.5, 0.6) is 5.75 Å². The SMILES string of the molecule is CCCCN1C(=O)CC(c2ccc(OC)cc2)CC1=O. The van der Waals surface area contributed by atoms with Gasteiger partial charge in [0.1, 0.15) is 5.75 Å². The molecule has 108 valence electrons. The molecule has 2 amide bonds. The van der Waals surface area contributed by atoms with Crippen molar-refractivity contribution in [1.82, 2.24) is 4.90 Å². The molecule has 1 fully saturated rings. The number of hydrogen-bond donors (Lipinski definition) is 0. The molecule has 0 aliphatic carbocycles. The number of unbranched alkanes of at least 4 members (excludes halogenated alkanes) is 1. The minimum Gasteiger partial charge on any atom is -0.497 e. The van der Waals surface area contributed by atoms with Crippen molar-refractivity contribution in [2.45, 2.75) is 38.5 Å². The van der Waals surface area contributed by atoms with Crippen LogP contribution in [-0.4, -0.2) is 30.4 Å². The Morgan fingerprint density at radius 3 is 2.25 bits per heavy atom. The molecule has 2 rings (SSSR count). The molecule has 0 bridgehead atoms. The Labute approximate surface area is 119 Å². The maximum atomic E-state index is 12.1. The van der Waals surface area contributed by atoms with Gasteiger partial charge in [-0.15, -0.1) is 0 Å². The fourth-order valence-electron chi connectivity index (χ4n) is 2.53. The highest BCUT2D eigenvalue weighted by Gasteiger charge is 2.32. The van der Waals surface area contributed by atoms with Crippen LogP contribution in [0, 0.1) is 0 Å². The van der Waals surface area contributed by atoms with Crippen molar-refractivity contribution < 1.29 is 14.3 Å². The highest BCUT2D eigenvalue weighted by atomic mass is 16.5. The van der Waals surface area contributed by atoms with Gasteiger partial charge in [0.25, 0.3) is 0 Å². The van der Waals surface area contributed by atoms with Crippen molar-refractivity contribution in [2.75, 3.05) is 13.7 Å². The lowest BCUT2D eigenvalue weighted by Crippen LogP contribution is -2.43.